The van der Waals surface area contributed by atoms with Gasteiger partial charge in [-0.15, -0.1) is 0 Å². The molecule has 2 unspecified atom stereocenters. The fourth-order valence-electron chi connectivity index (χ4n) is 2.71. The van der Waals surface area contributed by atoms with Crippen molar-refractivity contribution in [3.63, 3.8) is 0 Å². The lowest BCUT2D eigenvalue weighted by atomic mass is 9.90. The van der Waals surface area contributed by atoms with Crippen LogP contribution in [0.15, 0.2) is 24.3 Å². The summed E-state index contributed by atoms with van der Waals surface area (Å²) in [6.45, 7) is 2.09. The standard InChI is InChI=1S/C16H18F3NO4/c1-10-6-11(15(22)23)8-20(7-10)14(21)9-24-13-4-2-12(3-5-13)16(17,18)19/h2-5,10-11H,6-9H2,1H3,(H,22,23). The Kier molecular flexibility index (Phi) is 5.36. The minimum absolute atomic E-state index is 0.0647. The van der Waals surface area contributed by atoms with Crippen LogP contribution >= 0.6 is 0 Å². The maximum absolute atomic E-state index is 12.5. The topological polar surface area (TPSA) is 66.8 Å². The molecule has 5 nitrogen and oxygen atoms in total. The molecule has 0 bridgehead atoms. The molecule has 2 atom stereocenters. The molecular formula is C16H18F3NO4. The van der Waals surface area contributed by atoms with Crippen LogP contribution in [0.25, 0.3) is 0 Å². The lowest BCUT2D eigenvalue weighted by Gasteiger charge is -2.34. The number of carbonyl (C=O) groups is 2. The van der Waals surface area contributed by atoms with Gasteiger partial charge in [0.1, 0.15) is 5.75 Å². The van der Waals surface area contributed by atoms with Gasteiger partial charge >= 0.3 is 12.1 Å². The number of amides is 1. The predicted molar refractivity (Wildman–Crippen MR) is 78.4 cm³/mol. The zero-order valence-electron chi connectivity index (χ0n) is 13.0. The van der Waals surface area contributed by atoms with Crippen LogP contribution in [0.5, 0.6) is 5.75 Å². The number of halogens is 3. The highest BCUT2D eigenvalue weighted by atomic mass is 19.4. The summed E-state index contributed by atoms with van der Waals surface area (Å²) in [6.07, 6.45) is -3.91. The van der Waals surface area contributed by atoms with Gasteiger partial charge in [-0.25, -0.2) is 0 Å². The zero-order chi connectivity index (χ0) is 17.9. The second-order valence-corrected chi connectivity index (χ2v) is 5.99. The van der Waals surface area contributed by atoms with Crippen LogP contribution in [0.4, 0.5) is 13.2 Å². The van der Waals surface area contributed by atoms with E-state index in [2.05, 4.69) is 0 Å². The Bertz CT molecular complexity index is 600. The van der Waals surface area contributed by atoms with Gasteiger partial charge in [0.2, 0.25) is 0 Å². The summed E-state index contributed by atoms with van der Waals surface area (Å²) < 4.78 is 42.6. The first-order chi connectivity index (χ1) is 11.2. The van der Waals surface area contributed by atoms with E-state index in [1.807, 2.05) is 6.92 Å². The third kappa shape index (κ3) is 4.62. The number of benzene rings is 1. The lowest BCUT2D eigenvalue weighted by molar-refractivity contribution is -0.147. The van der Waals surface area contributed by atoms with E-state index in [1.54, 1.807) is 0 Å². The molecule has 1 heterocycles. The van der Waals surface area contributed by atoms with Crippen molar-refractivity contribution in [1.29, 1.82) is 0 Å². The molecule has 1 aromatic carbocycles. The van der Waals surface area contributed by atoms with Crippen LogP contribution in [0, 0.1) is 11.8 Å². The molecule has 1 fully saturated rings. The first kappa shape index (κ1) is 18.1. The Morgan fingerprint density at radius 2 is 1.88 bits per heavy atom. The second-order valence-electron chi connectivity index (χ2n) is 5.99. The first-order valence-electron chi connectivity index (χ1n) is 7.47. The molecule has 1 N–H and O–H groups in total. The molecule has 0 aromatic heterocycles. The van der Waals surface area contributed by atoms with E-state index in [9.17, 15) is 22.8 Å². The van der Waals surface area contributed by atoms with Gasteiger partial charge in [0.15, 0.2) is 6.61 Å². The summed E-state index contributed by atoms with van der Waals surface area (Å²) in [5, 5.41) is 9.09. The van der Waals surface area contributed by atoms with E-state index in [-0.39, 0.29) is 30.7 Å². The van der Waals surface area contributed by atoms with E-state index in [0.29, 0.717) is 13.0 Å². The monoisotopic (exact) mass is 345 g/mol. The fourth-order valence-corrected chi connectivity index (χ4v) is 2.71. The Hall–Kier alpha value is -2.25. The summed E-state index contributed by atoms with van der Waals surface area (Å²) in [6, 6.07) is 4.05. The molecule has 1 aliphatic heterocycles. The van der Waals surface area contributed by atoms with Gasteiger partial charge in [0.25, 0.3) is 5.91 Å². The third-order valence-electron chi connectivity index (χ3n) is 3.91. The normalized spacial score (nSPS) is 21.4. The molecule has 24 heavy (non-hydrogen) atoms. The molecule has 1 aromatic rings. The minimum atomic E-state index is -4.43. The van der Waals surface area contributed by atoms with Crippen LogP contribution < -0.4 is 4.74 Å². The van der Waals surface area contributed by atoms with E-state index in [4.69, 9.17) is 9.84 Å². The van der Waals surface area contributed by atoms with Crippen molar-refractivity contribution in [2.24, 2.45) is 11.8 Å². The number of rotatable bonds is 4. The summed E-state index contributed by atoms with van der Waals surface area (Å²) >= 11 is 0. The number of hydrogen-bond donors (Lipinski definition) is 1. The quantitative estimate of drug-likeness (QED) is 0.911. The van der Waals surface area contributed by atoms with Gasteiger partial charge < -0.3 is 14.7 Å². The number of piperidine rings is 1. The SMILES string of the molecule is CC1CC(C(=O)O)CN(C(=O)COc2ccc(C(F)(F)F)cc2)C1. The zero-order valence-corrected chi connectivity index (χ0v) is 13.0. The van der Waals surface area contributed by atoms with Crippen molar-refractivity contribution in [3.8, 4) is 5.75 Å². The van der Waals surface area contributed by atoms with Crippen molar-refractivity contribution in [1.82, 2.24) is 4.90 Å². The molecule has 1 saturated heterocycles. The van der Waals surface area contributed by atoms with Crippen LogP contribution in [0.2, 0.25) is 0 Å². The van der Waals surface area contributed by atoms with Crippen molar-refractivity contribution in [2.45, 2.75) is 19.5 Å². The number of alkyl halides is 3. The van der Waals surface area contributed by atoms with Gasteiger partial charge in [-0.1, -0.05) is 6.92 Å². The van der Waals surface area contributed by atoms with Crippen LogP contribution in [0.1, 0.15) is 18.9 Å². The number of carbonyl (C=O) groups excluding carboxylic acids is 1. The van der Waals surface area contributed by atoms with Gasteiger partial charge in [-0.3, -0.25) is 9.59 Å². The van der Waals surface area contributed by atoms with Crippen molar-refractivity contribution in [2.75, 3.05) is 19.7 Å². The molecule has 132 valence electrons. The Labute approximate surface area is 137 Å². The molecular weight excluding hydrogens is 327 g/mol. The number of ether oxygens (including phenoxy) is 1. The maximum atomic E-state index is 12.5. The van der Waals surface area contributed by atoms with Crippen LogP contribution in [0.3, 0.4) is 0 Å². The molecule has 0 spiro atoms. The molecule has 1 amide bonds. The van der Waals surface area contributed by atoms with Gasteiger partial charge in [0.05, 0.1) is 11.5 Å². The number of aliphatic carboxylic acids is 1. The minimum Gasteiger partial charge on any atom is -0.484 e. The van der Waals surface area contributed by atoms with Crippen molar-refractivity contribution in [3.05, 3.63) is 29.8 Å². The highest BCUT2D eigenvalue weighted by Gasteiger charge is 2.32. The number of carboxylic acid groups (broad SMARTS) is 1. The average Bonchev–Trinajstić information content (AvgIpc) is 2.51. The van der Waals surface area contributed by atoms with E-state index >= 15 is 0 Å². The summed E-state index contributed by atoms with van der Waals surface area (Å²) in [5.74, 6) is -1.72. The second kappa shape index (κ2) is 7.11. The molecule has 8 heteroatoms. The third-order valence-corrected chi connectivity index (χ3v) is 3.91. The number of hydrogen-bond acceptors (Lipinski definition) is 3. The van der Waals surface area contributed by atoms with E-state index in [1.165, 1.54) is 4.90 Å². The van der Waals surface area contributed by atoms with Crippen LogP contribution in [-0.2, 0) is 15.8 Å². The fraction of sp³-hybridized carbons (Fsp3) is 0.500. The Morgan fingerprint density at radius 1 is 1.25 bits per heavy atom. The van der Waals surface area contributed by atoms with Gasteiger partial charge in [0, 0.05) is 13.1 Å². The Balaban J connectivity index is 1.91. The lowest BCUT2D eigenvalue weighted by Crippen LogP contribution is -2.47. The Morgan fingerprint density at radius 3 is 2.42 bits per heavy atom. The molecule has 0 radical (unpaired) electrons. The maximum Gasteiger partial charge on any atom is 0.416 e. The summed E-state index contributed by atoms with van der Waals surface area (Å²) in [5.41, 5.74) is -0.796. The number of carboxylic acids is 1. The molecule has 2 rings (SSSR count). The van der Waals surface area contributed by atoms with Gasteiger partial charge in [-0.05, 0) is 36.6 Å². The van der Waals surface area contributed by atoms with Gasteiger partial charge in [-0.2, -0.15) is 13.2 Å². The molecule has 1 aliphatic rings. The number of nitrogens with zero attached hydrogens (tertiary/aromatic N) is 1. The summed E-state index contributed by atoms with van der Waals surface area (Å²) in [4.78, 5) is 24.7. The average molecular weight is 345 g/mol. The van der Waals surface area contributed by atoms with Crippen molar-refractivity contribution < 1.29 is 32.6 Å². The molecule has 0 saturated carbocycles. The highest BCUT2D eigenvalue weighted by Crippen LogP contribution is 2.30. The first-order valence-corrected chi connectivity index (χ1v) is 7.47. The predicted octanol–water partition coefficient (Wildman–Crippen LogP) is 2.65. The van der Waals surface area contributed by atoms with Crippen molar-refractivity contribution >= 4 is 11.9 Å². The highest BCUT2D eigenvalue weighted by molar-refractivity contribution is 5.79. The smallest absolute Gasteiger partial charge is 0.416 e. The van der Waals surface area contributed by atoms with E-state index in [0.717, 1.165) is 24.3 Å². The number of likely N-dealkylation sites (tertiary alicyclic amines) is 1. The summed E-state index contributed by atoms with van der Waals surface area (Å²) in [7, 11) is 0. The van der Waals surface area contributed by atoms with E-state index < -0.39 is 23.6 Å². The van der Waals surface area contributed by atoms with Crippen LogP contribution in [-0.4, -0.2) is 41.6 Å². The largest absolute Gasteiger partial charge is 0.484 e. The molecule has 0 aliphatic carbocycles.